The molecule has 1 rings (SSSR count). The van der Waals surface area contributed by atoms with Crippen molar-refractivity contribution in [3.63, 3.8) is 0 Å². The number of hydrogen-bond donors (Lipinski definition) is 1. The standard InChI is InChI=1S/C7H11NO2.ClH/c1-10-7(9)6-3-2-4-8-5-6;/h3,8H,2,4-5H2,1H3;1H/p-1. The molecule has 0 saturated heterocycles. The molecule has 0 aliphatic carbocycles. The van der Waals surface area contributed by atoms with Crippen molar-refractivity contribution in [1.82, 2.24) is 5.32 Å². The number of carbonyl (C=O) groups excluding carboxylic acids is 1. The van der Waals surface area contributed by atoms with Crippen LogP contribution in [-0.2, 0) is 9.53 Å². The lowest BCUT2D eigenvalue weighted by Crippen LogP contribution is -3.00. The van der Waals surface area contributed by atoms with Gasteiger partial charge >= 0.3 is 5.97 Å². The molecule has 0 unspecified atom stereocenters. The van der Waals surface area contributed by atoms with Crippen LogP contribution in [0, 0.1) is 0 Å². The molecule has 0 amide bonds. The summed E-state index contributed by atoms with van der Waals surface area (Å²) in [6, 6.07) is 0. The van der Waals surface area contributed by atoms with E-state index in [1.807, 2.05) is 6.08 Å². The van der Waals surface area contributed by atoms with Crippen LogP contribution in [0.25, 0.3) is 0 Å². The molecule has 3 nitrogen and oxygen atoms in total. The van der Waals surface area contributed by atoms with Gasteiger partial charge in [-0.1, -0.05) is 6.08 Å². The molecule has 0 atom stereocenters. The van der Waals surface area contributed by atoms with Gasteiger partial charge in [0.15, 0.2) is 0 Å². The van der Waals surface area contributed by atoms with Crippen molar-refractivity contribution >= 4 is 5.97 Å². The Bertz CT molecular complexity index is 168. The van der Waals surface area contributed by atoms with Crippen LogP contribution in [0.1, 0.15) is 6.42 Å². The van der Waals surface area contributed by atoms with E-state index in [0.717, 1.165) is 18.5 Å². The molecule has 1 heterocycles. The maximum Gasteiger partial charge on any atom is 0.334 e. The number of methoxy groups -OCH3 is 1. The summed E-state index contributed by atoms with van der Waals surface area (Å²) in [4.78, 5) is 10.8. The summed E-state index contributed by atoms with van der Waals surface area (Å²) in [6.07, 6.45) is 2.84. The Morgan fingerprint density at radius 1 is 1.73 bits per heavy atom. The number of esters is 1. The molecule has 0 spiro atoms. The summed E-state index contributed by atoms with van der Waals surface area (Å²) in [5.74, 6) is -0.216. The van der Waals surface area contributed by atoms with E-state index in [0.29, 0.717) is 6.54 Å². The molecular formula is C7H11ClNO2-. The molecule has 1 N–H and O–H groups in total. The molecule has 0 saturated carbocycles. The van der Waals surface area contributed by atoms with Crippen LogP contribution in [0.4, 0.5) is 0 Å². The van der Waals surface area contributed by atoms with Crippen LogP contribution in [0.5, 0.6) is 0 Å². The summed E-state index contributed by atoms with van der Waals surface area (Å²) < 4.78 is 4.54. The van der Waals surface area contributed by atoms with Crippen molar-refractivity contribution in [2.75, 3.05) is 20.2 Å². The highest BCUT2D eigenvalue weighted by atomic mass is 35.5. The van der Waals surface area contributed by atoms with E-state index in [1.165, 1.54) is 7.11 Å². The second-order valence-corrected chi connectivity index (χ2v) is 2.19. The molecular weight excluding hydrogens is 166 g/mol. The van der Waals surface area contributed by atoms with Gasteiger partial charge in [-0.3, -0.25) is 0 Å². The number of nitrogens with one attached hydrogen (secondary N) is 1. The van der Waals surface area contributed by atoms with E-state index in [1.54, 1.807) is 0 Å². The number of hydrogen-bond acceptors (Lipinski definition) is 3. The average molecular weight is 177 g/mol. The Morgan fingerprint density at radius 2 is 2.45 bits per heavy atom. The Morgan fingerprint density at radius 3 is 2.91 bits per heavy atom. The quantitative estimate of drug-likeness (QED) is 0.436. The highest BCUT2D eigenvalue weighted by Crippen LogP contribution is 2.01. The summed E-state index contributed by atoms with van der Waals surface area (Å²) >= 11 is 0. The van der Waals surface area contributed by atoms with Gasteiger partial charge in [-0.05, 0) is 13.0 Å². The van der Waals surface area contributed by atoms with E-state index >= 15 is 0 Å². The molecule has 0 aromatic rings. The number of carbonyl (C=O) groups is 1. The third-order valence-electron chi connectivity index (χ3n) is 1.47. The molecule has 0 aromatic carbocycles. The van der Waals surface area contributed by atoms with Gasteiger partial charge < -0.3 is 22.5 Å². The average Bonchev–Trinajstić information content (AvgIpc) is 2.05. The monoisotopic (exact) mass is 176 g/mol. The molecule has 11 heavy (non-hydrogen) atoms. The summed E-state index contributed by atoms with van der Waals surface area (Å²) in [5, 5.41) is 3.08. The number of ether oxygens (including phenoxy) is 1. The lowest BCUT2D eigenvalue weighted by Gasteiger charge is -2.11. The number of rotatable bonds is 1. The zero-order chi connectivity index (χ0) is 7.40. The first kappa shape index (κ1) is 10.5. The van der Waals surface area contributed by atoms with E-state index in [-0.39, 0.29) is 18.4 Å². The molecule has 1 aliphatic heterocycles. The molecule has 0 bridgehead atoms. The van der Waals surface area contributed by atoms with Crippen LogP contribution in [0.2, 0.25) is 0 Å². The minimum atomic E-state index is -0.216. The second kappa shape index (κ2) is 5.16. The fraction of sp³-hybridized carbons (Fsp3) is 0.571. The smallest absolute Gasteiger partial charge is 0.334 e. The normalized spacial score (nSPS) is 16.3. The van der Waals surface area contributed by atoms with Gasteiger partial charge in [0.2, 0.25) is 0 Å². The van der Waals surface area contributed by atoms with Crippen molar-refractivity contribution in [3.8, 4) is 0 Å². The predicted molar refractivity (Wildman–Crippen MR) is 37.6 cm³/mol. The first-order chi connectivity index (χ1) is 4.84. The van der Waals surface area contributed by atoms with Crippen molar-refractivity contribution in [2.45, 2.75) is 6.42 Å². The lowest BCUT2D eigenvalue weighted by atomic mass is 10.1. The third-order valence-corrected chi connectivity index (χ3v) is 1.47. The van der Waals surface area contributed by atoms with E-state index in [4.69, 9.17) is 0 Å². The van der Waals surface area contributed by atoms with Crippen LogP contribution < -0.4 is 17.7 Å². The van der Waals surface area contributed by atoms with Crippen LogP contribution in [-0.4, -0.2) is 26.2 Å². The maximum absolute atomic E-state index is 10.8. The predicted octanol–water partition coefficient (Wildman–Crippen LogP) is -2.92. The first-order valence-corrected chi connectivity index (χ1v) is 3.32. The zero-order valence-corrected chi connectivity index (χ0v) is 7.15. The first-order valence-electron chi connectivity index (χ1n) is 3.32. The summed E-state index contributed by atoms with van der Waals surface area (Å²) in [6.45, 7) is 1.60. The van der Waals surface area contributed by atoms with Crippen molar-refractivity contribution in [2.24, 2.45) is 0 Å². The topological polar surface area (TPSA) is 38.3 Å². The molecule has 64 valence electrons. The lowest BCUT2D eigenvalue weighted by molar-refractivity contribution is -0.136. The SMILES string of the molecule is COC(=O)C1=CCCNC1.[Cl-]. The Hall–Kier alpha value is -0.540. The van der Waals surface area contributed by atoms with Crippen LogP contribution in [0.3, 0.4) is 0 Å². The van der Waals surface area contributed by atoms with Crippen LogP contribution in [0.15, 0.2) is 11.6 Å². The molecule has 0 aromatic heterocycles. The minimum Gasteiger partial charge on any atom is -1.00 e. The minimum absolute atomic E-state index is 0. The van der Waals surface area contributed by atoms with Gasteiger partial charge in [0, 0.05) is 12.1 Å². The fourth-order valence-corrected chi connectivity index (χ4v) is 0.930. The highest BCUT2D eigenvalue weighted by Gasteiger charge is 2.10. The summed E-state index contributed by atoms with van der Waals surface area (Å²) in [5.41, 5.74) is 0.744. The molecule has 1 aliphatic rings. The molecule has 4 heteroatoms. The van der Waals surface area contributed by atoms with Crippen molar-refractivity contribution < 1.29 is 21.9 Å². The Balaban J connectivity index is 0.000001000. The van der Waals surface area contributed by atoms with Gasteiger partial charge in [-0.2, -0.15) is 0 Å². The van der Waals surface area contributed by atoms with Crippen molar-refractivity contribution in [1.29, 1.82) is 0 Å². The van der Waals surface area contributed by atoms with Crippen molar-refractivity contribution in [3.05, 3.63) is 11.6 Å². The van der Waals surface area contributed by atoms with E-state index < -0.39 is 0 Å². The number of halogens is 1. The van der Waals surface area contributed by atoms with Crippen LogP contribution >= 0.6 is 0 Å². The third kappa shape index (κ3) is 2.91. The Labute approximate surface area is 72.2 Å². The molecule has 0 radical (unpaired) electrons. The van der Waals surface area contributed by atoms with Gasteiger partial charge in [0.25, 0.3) is 0 Å². The van der Waals surface area contributed by atoms with Gasteiger partial charge in [0.05, 0.1) is 7.11 Å². The highest BCUT2D eigenvalue weighted by molar-refractivity contribution is 5.88. The second-order valence-electron chi connectivity index (χ2n) is 2.19. The fourth-order valence-electron chi connectivity index (χ4n) is 0.930. The van der Waals surface area contributed by atoms with E-state index in [2.05, 4.69) is 10.1 Å². The largest absolute Gasteiger partial charge is 1.00 e. The Kier molecular flexibility index (Phi) is 4.90. The maximum atomic E-state index is 10.8. The molecule has 0 fully saturated rings. The van der Waals surface area contributed by atoms with Gasteiger partial charge in [-0.15, -0.1) is 0 Å². The van der Waals surface area contributed by atoms with Gasteiger partial charge in [0.1, 0.15) is 0 Å². The van der Waals surface area contributed by atoms with E-state index in [9.17, 15) is 4.79 Å². The van der Waals surface area contributed by atoms with Gasteiger partial charge in [-0.25, -0.2) is 4.79 Å². The summed E-state index contributed by atoms with van der Waals surface area (Å²) in [7, 11) is 1.40. The zero-order valence-electron chi connectivity index (χ0n) is 6.39.